The number of sulfone groups is 1. The molecule has 6 nitrogen and oxygen atoms in total. The number of rotatable bonds is 5. The predicted molar refractivity (Wildman–Crippen MR) is 106 cm³/mol. The zero-order chi connectivity index (χ0) is 18.9. The molecule has 2 aliphatic heterocycles. The van der Waals surface area contributed by atoms with Gasteiger partial charge in [-0.2, -0.15) is 4.99 Å². The molecule has 2 fully saturated rings. The van der Waals surface area contributed by atoms with E-state index in [1.807, 2.05) is 49.9 Å². The van der Waals surface area contributed by atoms with Crippen molar-refractivity contribution in [3.05, 3.63) is 24.3 Å². The van der Waals surface area contributed by atoms with Gasteiger partial charge in [-0.05, 0) is 25.0 Å². The van der Waals surface area contributed by atoms with E-state index >= 15 is 0 Å². The molecule has 0 aliphatic carbocycles. The number of ether oxygens (including phenoxy) is 1. The number of fused-ring (bicyclic) bond motifs is 1. The summed E-state index contributed by atoms with van der Waals surface area (Å²) in [7, 11) is -3.09. The molecule has 0 radical (unpaired) electrons. The second-order valence-corrected chi connectivity index (χ2v) is 10.3. The van der Waals surface area contributed by atoms with Crippen molar-refractivity contribution in [1.29, 1.82) is 0 Å². The van der Waals surface area contributed by atoms with Gasteiger partial charge in [0.2, 0.25) is 5.91 Å². The first kappa shape index (κ1) is 19.2. The number of benzene rings is 1. The van der Waals surface area contributed by atoms with Crippen molar-refractivity contribution in [3.8, 4) is 5.75 Å². The summed E-state index contributed by atoms with van der Waals surface area (Å²) in [4.78, 5) is 18.5. The molecule has 26 heavy (non-hydrogen) atoms. The van der Waals surface area contributed by atoms with Gasteiger partial charge in [-0.15, -0.1) is 0 Å². The summed E-state index contributed by atoms with van der Waals surface area (Å²) in [5.74, 6) is 0.909. The molecule has 0 N–H and O–H groups in total. The molecular formula is C18H24N2O4S2. The number of anilines is 1. The number of aliphatic imine (C=N–C) groups is 1. The number of nitrogens with zero attached hydrogens (tertiary/aromatic N) is 2. The van der Waals surface area contributed by atoms with Gasteiger partial charge in [0.1, 0.15) is 5.75 Å². The Hall–Kier alpha value is -1.54. The highest BCUT2D eigenvalue weighted by molar-refractivity contribution is 8.16. The fourth-order valence-corrected chi connectivity index (χ4v) is 7.21. The lowest BCUT2D eigenvalue weighted by atomic mass is 10.1. The quantitative estimate of drug-likeness (QED) is 0.762. The van der Waals surface area contributed by atoms with E-state index < -0.39 is 9.84 Å². The molecular weight excluding hydrogens is 372 g/mol. The standard InChI is InChI=1S/C18H24N2O4S2/c1-4-24-15-8-6-5-7-13(15)20-14-10-26(22,23)11-16(14)25-18(20)19-17(21)9-12(2)3/h5-8,12,14,16H,4,9-11H2,1-3H3/t14-,16-/m1/s1. The molecule has 0 bridgehead atoms. The molecule has 2 aliphatic rings. The van der Waals surface area contributed by atoms with Gasteiger partial charge in [0, 0.05) is 11.7 Å². The van der Waals surface area contributed by atoms with Gasteiger partial charge in [-0.3, -0.25) is 4.79 Å². The predicted octanol–water partition coefficient (Wildman–Crippen LogP) is 2.73. The summed E-state index contributed by atoms with van der Waals surface area (Å²) < 4.78 is 30.0. The number of para-hydroxylation sites is 2. The third kappa shape index (κ3) is 4.06. The van der Waals surface area contributed by atoms with Crippen molar-refractivity contribution in [2.45, 2.75) is 38.5 Å². The maximum Gasteiger partial charge on any atom is 0.248 e. The van der Waals surface area contributed by atoms with Crippen LogP contribution in [0.1, 0.15) is 27.2 Å². The Balaban J connectivity index is 2.01. The highest BCUT2D eigenvalue weighted by Crippen LogP contribution is 2.43. The van der Waals surface area contributed by atoms with Crippen molar-refractivity contribution in [2.24, 2.45) is 10.9 Å². The lowest BCUT2D eigenvalue weighted by Crippen LogP contribution is -2.38. The molecule has 0 aromatic heterocycles. The Morgan fingerprint density at radius 2 is 2.08 bits per heavy atom. The van der Waals surface area contributed by atoms with Crippen molar-refractivity contribution in [2.75, 3.05) is 23.0 Å². The average Bonchev–Trinajstić information content (AvgIpc) is 2.98. The minimum absolute atomic E-state index is 0.0719. The Kier molecular flexibility index (Phi) is 5.62. The lowest BCUT2D eigenvalue weighted by Gasteiger charge is -2.26. The van der Waals surface area contributed by atoms with Gasteiger partial charge in [0.25, 0.3) is 0 Å². The second-order valence-electron chi connectivity index (χ2n) is 6.96. The van der Waals surface area contributed by atoms with E-state index in [0.717, 1.165) is 5.69 Å². The summed E-state index contributed by atoms with van der Waals surface area (Å²) in [6.45, 7) is 6.36. The van der Waals surface area contributed by atoms with Gasteiger partial charge >= 0.3 is 0 Å². The molecule has 3 rings (SSSR count). The van der Waals surface area contributed by atoms with E-state index in [2.05, 4.69) is 4.99 Å². The lowest BCUT2D eigenvalue weighted by molar-refractivity contribution is -0.118. The topological polar surface area (TPSA) is 76.0 Å². The Morgan fingerprint density at radius 3 is 2.77 bits per heavy atom. The van der Waals surface area contributed by atoms with Gasteiger partial charge in [0.15, 0.2) is 15.0 Å². The minimum Gasteiger partial charge on any atom is -0.492 e. The van der Waals surface area contributed by atoms with Crippen LogP contribution in [0.25, 0.3) is 0 Å². The molecule has 1 aromatic rings. The van der Waals surface area contributed by atoms with Gasteiger partial charge in [0.05, 0.1) is 29.8 Å². The van der Waals surface area contributed by atoms with E-state index in [1.165, 1.54) is 11.8 Å². The molecule has 8 heteroatoms. The van der Waals surface area contributed by atoms with Gasteiger partial charge in [-0.1, -0.05) is 37.7 Å². The summed E-state index contributed by atoms with van der Waals surface area (Å²) in [6, 6.07) is 7.28. The van der Waals surface area contributed by atoms with E-state index in [4.69, 9.17) is 4.74 Å². The molecule has 2 atom stereocenters. The first-order valence-electron chi connectivity index (χ1n) is 8.80. The molecule has 2 saturated heterocycles. The molecule has 142 valence electrons. The van der Waals surface area contributed by atoms with Crippen LogP contribution in [0.2, 0.25) is 0 Å². The second kappa shape index (κ2) is 7.60. The highest BCUT2D eigenvalue weighted by atomic mass is 32.2. The first-order chi connectivity index (χ1) is 12.3. The van der Waals surface area contributed by atoms with Crippen LogP contribution >= 0.6 is 11.8 Å². The van der Waals surface area contributed by atoms with E-state index in [-0.39, 0.29) is 34.6 Å². The van der Waals surface area contributed by atoms with Crippen molar-refractivity contribution in [3.63, 3.8) is 0 Å². The van der Waals surface area contributed by atoms with Crippen molar-refractivity contribution in [1.82, 2.24) is 0 Å². The summed E-state index contributed by atoms with van der Waals surface area (Å²) in [5.41, 5.74) is 0.766. The fraction of sp³-hybridized carbons (Fsp3) is 0.556. The summed E-state index contributed by atoms with van der Waals surface area (Å²) >= 11 is 1.39. The van der Waals surface area contributed by atoms with Crippen molar-refractivity contribution < 1.29 is 17.9 Å². The summed E-state index contributed by atoms with van der Waals surface area (Å²) in [6.07, 6.45) is 0.374. The van der Waals surface area contributed by atoms with Gasteiger partial charge in [-0.25, -0.2) is 8.42 Å². The smallest absolute Gasteiger partial charge is 0.248 e. The molecule has 1 aromatic carbocycles. The van der Waals surface area contributed by atoms with Crippen LogP contribution in [0.15, 0.2) is 29.3 Å². The van der Waals surface area contributed by atoms with Crippen LogP contribution in [-0.4, -0.2) is 48.9 Å². The molecule has 0 spiro atoms. The van der Waals surface area contributed by atoms with Crippen LogP contribution in [0.5, 0.6) is 5.75 Å². The van der Waals surface area contributed by atoms with Crippen molar-refractivity contribution >= 4 is 38.4 Å². The van der Waals surface area contributed by atoms with Crippen LogP contribution in [0.3, 0.4) is 0 Å². The maximum atomic E-state index is 12.3. The number of hydrogen-bond acceptors (Lipinski definition) is 5. The number of carbonyl (C=O) groups is 1. The largest absolute Gasteiger partial charge is 0.492 e. The Bertz CT molecular complexity index is 820. The third-order valence-corrected chi connectivity index (χ3v) is 7.50. The summed E-state index contributed by atoms with van der Waals surface area (Å²) in [5, 5.41) is 0.466. The van der Waals surface area contributed by atoms with Gasteiger partial charge < -0.3 is 9.64 Å². The highest BCUT2D eigenvalue weighted by Gasteiger charge is 2.50. The number of amides is 1. The number of carbonyl (C=O) groups excluding carboxylic acids is 1. The number of hydrogen-bond donors (Lipinski definition) is 0. The van der Waals surface area contributed by atoms with Crippen LogP contribution in [0.4, 0.5) is 5.69 Å². The Morgan fingerprint density at radius 1 is 1.35 bits per heavy atom. The molecule has 1 amide bonds. The zero-order valence-corrected chi connectivity index (χ0v) is 16.8. The third-order valence-electron chi connectivity index (χ3n) is 4.29. The van der Waals surface area contributed by atoms with E-state index in [9.17, 15) is 13.2 Å². The van der Waals surface area contributed by atoms with Crippen LogP contribution in [-0.2, 0) is 14.6 Å². The normalized spacial score (nSPS) is 25.7. The van der Waals surface area contributed by atoms with Crippen LogP contribution < -0.4 is 9.64 Å². The SMILES string of the molecule is CCOc1ccccc1N1C(=NC(=O)CC(C)C)S[C@@H]2CS(=O)(=O)C[C@H]21. The van der Waals surface area contributed by atoms with Crippen LogP contribution in [0, 0.1) is 5.92 Å². The fourth-order valence-electron chi connectivity index (χ4n) is 3.28. The monoisotopic (exact) mass is 396 g/mol. The van der Waals surface area contributed by atoms with E-state index in [1.54, 1.807) is 0 Å². The maximum absolute atomic E-state index is 12.3. The number of amidine groups is 1. The molecule has 0 saturated carbocycles. The zero-order valence-electron chi connectivity index (χ0n) is 15.2. The first-order valence-corrected chi connectivity index (χ1v) is 11.5. The Labute approximate surface area is 158 Å². The minimum atomic E-state index is -3.09. The average molecular weight is 397 g/mol. The number of thioether (sulfide) groups is 1. The molecule has 0 unspecified atom stereocenters. The van der Waals surface area contributed by atoms with E-state index in [0.29, 0.717) is 23.9 Å². The molecule has 2 heterocycles.